The SMILES string of the molecule is CSCC[C@H](NCC(=O)[C@@H](CSC(C)=O)Cc1ccc2c(c1)OCO2)C(=O)O. The molecule has 0 spiro atoms. The van der Waals surface area contributed by atoms with Crippen LogP contribution in [0.2, 0.25) is 0 Å². The highest BCUT2D eigenvalue weighted by atomic mass is 32.2. The molecule has 0 saturated heterocycles. The third-order valence-corrected chi connectivity index (χ3v) is 5.91. The van der Waals surface area contributed by atoms with Crippen LogP contribution in [0.1, 0.15) is 18.9 Å². The second kappa shape index (κ2) is 11.3. The average molecular weight is 428 g/mol. The summed E-state index contributed by atoms with van der Waals surface area (Å²) in [4.78, 5) is 35.5. The van der Waals surface area contributed by atoms with E-state index in [0.717, 1.165) is 17.3 Å². The number of ether oxygens (including phenoxy) is 2. The van der Waals surface area contributed by atoms with Gasteiger partial charge >= 0.3 is 5.97 Å². The van der Waals surface area contributed by atoms with Gasteiger partial charge in [0.05, 0.1) is 6.54 Å². The summed E-state index contributed by atoms with van der Waals surface area (Å²) >= 11 is 2.66. The standard InChI is InChI=1S/C19H25NO6S2/c1-12(21)28-10-14(7-13-3-4-17-18(8-13)26-11-25-17)16(22)9-20-15(19(23)24)5-6-27-2/h3-4,8,14-15,20H,5-7,9-11H2,1-2H3,(H,23,24)/t14-,15+/m1/s1. The van der Waals surface area contributed by atoms with Gasteiger partial charge in [-0.05, 0) is 42.5 Å². The van der Waals surface area contributed by atoms with Gasteiger partial charge in [0.15, 0.2) is 22.4 Å². The number of carboxylic acid groups (broad SMARTS) is 1. The minimum absolute atomic E-state index is 0.0426. The Hall–Kier alpha value is -1.71. The van der Waals surface area contributed by atoms with E-state index in [2.05, 4.69) is 5.32 Å². The second-order valence-corrected chi connectivity index (χ2v) is 8.59. The topological polar surface area (TPSA) is 102 Å². The van der Waals surface area contributed by atoms with Crippen molar-refractivity contribution in [1.29, 1.82) is 0 Å². The van der Waals surface area contributed by atoms with Crippen molar-refractivity contribution in [2.75, 3.05) is 31.1 Å². The van der Waals surface area contributed by atoms with E-state index in [9.17, 15) is 19.5 Å². The lowest BCUT2D eigenvalue weighted by Crippen LogP contribution is -2.42. The molecule has 1 heterocycles. The molecular formula is C19H25NO6S2. The molecule has 9 heteroatoms. The fourth-order valence-electron chi connectivity index (χ4n) is 2.75. The van der Waals surface area contributed by atoms with Crippen molar-refractivity contribution in [3.63, 3.8) is 0 Å². The molecule has 0 fully saturated rings. The molecule has 0 saturated carbocycles. The highest BCUT2D eigenvalue weighted by Crippen LogP contribution is 2.33. The van der Waals surface area contributed by atoms with Crippen LogP contribution in [0.15, 0.2) is 18.2 Å². The van der Waals surface area contributed by atoms with Gasteiger partial charge < -0.3 is 14.6 Å². The van der Waals surface area contributed by atoms with E-state index >= 15 is 0 Å². The number of benzene rings is 1. The number of nitrogens with one attached hydrogen (secondary N) is 1. The zero-order valence-corrected chi connectivity index (χ0v) is 17.6. The number of carbonyl (C=O) groups is 3. The van der Waals surface area contributed by atoms with E-state index in [1.54, 1.807) is 17.8 Å². The summed E-state index contributed by atoms with van der Waals surface area (Å²) in [5.41, 5.74) is 0.906. The number of hydrogen-bond donors (Lipinski definition) is 2. The fraction of sp³-hybridized carbons (Fsp3) is 0.526. The Morgan fingerprint density at radius 2 is 2.00 bits per heavy atom. The van der Waals surface area contributed by atoms with Gasteiger partial charge in [0.1, 0.15) is 6.04 Å². The summed E-state index contributed by atoms with van der Waals surface area (Å²) in [6.45, 7) is 1.60. The number of rotatable bonds is 12. The Bertz CT molecular complexity index is 712. The monoisotopic (exact) mass is 427 g/mol. The number of carboxylic acids is 1. The van der Waals surface area contributed by atoms with Crippen LogP contribution in [0.3, 0.4) is 0 Å². The van der Waals surface area contributed by atoms with Gasteiger partial charge in [0.25, 0.3) is 0 Å². The minimum atomic E-state index is -0.965. The molecule has 2 N–H and O–H groups in total. The van der Waals surface area contributed by atoms with E-state index in [0.29, 0.717) is 35.8 Å². The molecule has 7 nitrogen and oxygen atoms in total. The number of carbonyl (C=O) groups excluding carboxylic acids is 2. The maximum absolute atomic E-state index is 12.8. The summed E-state index contributed by atoms with van der Waals surface area (Å²) in [6, 6.07) is 4.76. The van der Waals surface area contributed by atoms with Crippen molar-refractivity contribution in [3.05, 3.63) is 23.8 Å². The summed E-state index contributed by atoms with van der Waals surface area (Å²) in [5.74, 6) is 0.880. The number of thioether (sulfide) groups is 2. The number of aliphatic carboxylic acids is 1. The zero-order valence-electron chi connectivity index (χ0n) is 15.9. The molecular weight excluding hydrogens is 402 g/mol. The molecule has 2 atom stereocenters. The lowest BCUT2D eigenvalue weighted by atomic mass is 9.96. The maximum atomic E-state index is 12.8. The van der Waals surface area contributed by atoms with Crippen molar-refractivity contribution < 1.29 is 29.0 Å². The van der Waals surface area contributed by atoms with Gasteiger partial charge in [-0.25, -0.2) is 0 Å². The van der Waals surface area contributed by atoms with E-state index in [4.69, 9.17) is 9.47 Å². The smallest absolute Gasteiger partial charge is 0.320 e. The normalized spacial score (nSPS) is 14.5. The van der Waals surface area contributed by atoms with Crippen LogP contribution in [-0.2, 0) is 20.8 Å². The van der Waals surface area contributed by atoms with Crippen LogP contribution < -0.4 is 14.8 Å². The van der Waals surface area contributed by atoms with E-state index < -0.39 is 17.9 Å². The number of Topliss-reactive ketones (excluding diaryl/α,β-unsaturated/α-hetero) is 1. The van der Waals surface area contributed by atoms with Crippen LogP contribution in [0, 0.1) is 5.92 Å². The molecule has 1 aromatic rings. The molecule has 0 unspecified atom stereocenters. The summed E-state index contributed by atoms with van der Waals surface area (Å²) in [5, 5.41) is 12.1. The van der Waals surface area contributed by atoms with Crippen LogP contribution in [0.25, 0.3) is 0 Å². The van der Waals surface area contributed by atoms with E-state index in [1.807, 2.05) is 18.4 Å². The predicted molar refractivity (Wildman–Crippen MR) is 110 cm³/mol. The van der Waals surface area contributed by atoms with Gasteiger partial charge in [-0.1, -0.05) is 17.8 Å². The summed E-state index contributed by atoms with van der Waals surface area (Å²) in [6.07, 6.45) is 2.79. The molecule has 0 aliphatic carbocycles. The minimum Gasteiger partial charge on any atom is -0.480 e. The fourth-order valence-corrected chi connectivity index (χ4v) is 3.96. The van der Waals surface area contributed by atoms with Gasteiger partial charge in [0, 0.05) is 18.6 Å². The first-order valence-corrected chi connectivity index (χ1v) is 11.3. The van der Waals surface area contributed by atoms with Crippen molar-refractivity contribution in [2.45, 2.75) is 25.8 Å². The highest BCUT2D eigenvalue weighted by Gasteiger charge is 2.24. The first-order valence-electron chi connectivity index (χ1n) is 8.90. The lowest BCUT2D eigenvalue weighted by molar-refractivity contribution is -0.139. The highest BCUT2D eigenvalue weighted by molar-refractivity contribution is 8.13. The lowest BCUT2D eigenvalue weighted by Gasteiger charge is -2.18. The Balaban J connectivity index is 2.01. The molecule has 2 rings (SSSR count). The van der Waals surface area contributed by atoms with Crippen molar-refractivity contribution >= 4 is 40.4 Å². The Labute approximate surface area is 172 Å². The van der Waals surface area contributed by atoms with Gasteiger partial charge in [-0.15, -0.1) is 0 Å². The van der Waals surface area contributed by atoms with E-state index in [1.165, 1.54) is 6.92 Å². The molecule has 0 aromatic heterocycles. The predicted octanol–water partition coefficient (Wildman–Crippen LogP) is 2.22. The number of ketones is 1. The third-order valence-electron chi connectivity index (χ3n) is 4.29. The van der Waals surface area contributed by atoms with Crippen molar-refractivity contribution in [2.24, 2.45) is 5.92 Å². The Morgan fingerprint density at radius 1 is 1.25 bits per heavy atom. The molecule has 0 radical (unpaired) electrons. The van der Waals surface area contributed by atoms with Crippen molar-refractivity contribution in [3.8, 4) is 11.5 Å². The van der Waals surface area contributed by atoms with Crippen LogP contribution in [0.4, 0.5) is 0 Å². The third kappa shape index (κ3) is 7.03. The molecule has 154 valence electrons. The first kappa shape index (κ1) is 22.6. The summed E-state index contributed by atoms with van der Waals surface area (Å²) < 4.78 is 10.7. The molecule has 0 bridgehead atoms. The quantitative estimate of drug-likeness (QED) is 0.520. The maximum Gasteiger partial charge on any atom is 0.320 e. The second-order valence-electron chi connectivity index (χ2n) is 6.41. The van der Waals surface area contributed by atoms with Gasteiger partial charge in [-0.3, -0.25) is 19.7 Å². The molecule has 0 amide bonds. The molecule has 28 heavy (non-hydrogen) atoms. The molecule has 1 aromatic carbocycles. The largest absolute Gasteiger partial charge is 0.480 e. The van der Waals surface area contributed by atoms with Crippen LogP contribution in [0.5, 0.6) is 11.5 Å². The van der Waals surface area contributed by atoms with E-state index in [-0.39, 0.29) is 24.2 Å². The molecule has 1 aliphatic heterocycles. The average Bonchev–Trinajstić information content (AvgIpc) is 3.12. The number of hydrogen-bond acceptors (Lipinski definition) is 8. The summed E-state index contributed by atoms with van der Waals surface area (Å²) in [7, 11) is 0. The zero-order chi connectivity index (χ0) is 20.5. The van der Waals surface area contributed by atoms with Crippen LogP contribution >= 0.6 is 23.5 Å². The number of fused-ring (bicyclic) bond motifs is 1. The van der Waals surface area contributed by atoms with Crippen LogP contribution in [-0.4, -0.2) is 59.1 Å². The Morgan fingerprint density at radius 3 is 2.68 bits per heavy atom. The first-order chi connectivity index (χ1) is 13.4. The molecule has 1 aliphatic rings. The van der Waals surface area contributed by atoms with Crippen molar-refractivity contribution in [1.82, 2.24) is 5.32 Å². The van der Waals surface area contributed by atoms with Gasteiger partial charge in [0.2, 0.25) is 6.79 Å². The van der Waals surface area contributed by atoms with Gasteiger partial charge in [-0.2, -0.15) is 11.8 Å². The Kier molecular flexibility index (Phi) is 9.14.